The van der Waals surface area contributed by atoms with Crippen molar-refractivity contribution in [2.45, 2.75) is 33.1 Å². The molecule has 5 nitrogen and oxygen atoms in total. The largest absolute Gasteiger partial charge is 0.303 e. The molecule has 0 unspecified atom stereocenters. The van der Waals surface area contributed by atoms with Gasteiger partial charge >= 0.3 is 0 Å². The van der Waals surface area contributed by atoms with Crippen molar-refractivity contribution in [1.82, 2.24) is 19.3 Å². The topological polar surface area (TPSA) is 52.7 Å². The summed E-state index contributed by atoms with van der Waals surface area (Å²) in [7, 11) is 0. The third-order valence-corrected chi connectivity index (χ3v) is 2.51. The van der Waals surface area contributed by atoms with Crippen LogP contribution in [-0.2, 0) is 5.41 Å². The molecule has 5 heteroatoms. The molecule has 2 aromatic rings. The van der Waals surface area contributed by atoms with Crippen molar-refractivity contribution in [3.05, 3.63) is 30.6 Å². The van der Waals surface area contributed by atoms with Crippen LogP contribution in [0.25, 0.3) is 5.69 Å². The molecule has 2 aromatic heterocycles. The molecule has 0 aliphatic rings. The lowest BCUT2D eigenvalue weighted by Gasteiger charge is -2.17. The average Bonchev–Trinajstić information content (AvgIpc) is 2.85. The minimum atomic E-state index is -0.125. The Balaban J connectivity index is 2.61. The number of hydrogen-bond acceptors (Lipinski definition) is 3. The fourth-order valence-corrected chi connectivity index (χ4v) is 1.65. The maximum absolute atomic E-state index is 11.4. The van der Waals surface area contributed by atoms with Crippen molar-refractivity contribution in [2.75, 3.05) is 0 Å². The van der Waals surface area contributed by atoms with Gasteiger partial charge in [0.05, 0.1) is 23.9 Å². The molecule has 0 aromatic carbocycles. The quantitative estimate of drug-likeness (QED) is 0.756. The Morgan fingerprint density at radius 1 is 1.35 bits per heavy atom. The zero-order valence-corrected chi connectivity index (χ0v) is 10.5. The first kappa shape index (κ1) is 11.6. The van der Waals surface area contributed by atoms with Crippen LogP contribution in [0, 0.1) is 0 Å². The molecule has 0 saturated heterocycles. The first-order chi connectivity index (χ1) is 7.89. The lowest BCUT2D eigenvalue weighted by atomic mass is 9.91. The van der Waals surface area contributed by atoms with Crippen molar-refractivity contribution in [1.29, 1.82) is 0 Å². The van der Waals surface area contributed by atoms with Crippen LogP contribution in [0.15, 0.2) is 24.9 Å². The van der Waals surface area contributed by atoms with E-state index < -0.39 is 0 Å². The van der Waals surface area contributed by atoms with E-state index in [1.165, 1.54) is 11.6 Å². The molecule has 0 atom stereocenters. The van der Waals surface area contributed by atoms with E-state index in [-0.39, 0.29) is 11.3 Å². The Bertz CT molecular complexity index is 531. The Morgan fingerprint density at radius 3 is 2.53 bits per heavy atom. The lowest BCUT2D eigenvalue weighted by Crippen LogP contribution is -2.16. The van der Waals surface area contributed by atoms with E-state index in [9.17, 15) is 4.79 Å². The van der Waals surface area contributed by atoms with Crippen molar-refractivity contribution < 1.29 is 4.79 Å². The number of hydrogen-bond donors (Lipinski definition) is 0. The van der Waals surface area contributed by atoms with E-state index in [2.05, 4.69) is 30.9 Å². The third-order valence-electron chi connectivity index (χ3n) is 2.51. The smallest absolute Gasteiger partial charge is 0.243 e. The molecule has 0 N–H and O–H groups in total. The van der Waals surface area contributed by atoms with Gasteiger partial charge in [0.25, 0.3) is 0 Å². The number of nitrogens with zero attached hydrogens (tertiary/aromatic N) is 4. The van der Waals surface area contributed by atoms with Crippen molar-refractivity contribution in [2.24, 2.45) is 0 Å². The number of carbonyl (C=O) groups is 1. The highest BCUT2D eigenvalue weighted by Crippen LogP contribution is 2.26. The molecule has 17 heavy (non-hydrogen) atoms. The number of rotatable bonds is 1. The summed E-state index contributed by atoms with van der Waals surface area (Å²) in [5.74, 6) is -0.0955. The molecule has 0 radical (unpaired) electrons. The van der Waals surface area contributed by atoms with Crippen LogP contribution in [0.5, 0.6) is 0 Å². The van der Waals surface area contributed by atoms with Crippen LogP contribution in [0.4, 0.5) is 0 Å². The number of carbonyl (C=O) groups excluding carboxylic acids is 1. The second-order valence-corrected chi connectivity index (χ2v) is 5.05. The van der Waals surface area contributed by atoms with Crippen LogP contribution in [0.3, 0.4) is 0 Å². The second-order valence-electron chi connectivity index (χ2n) is 5.05. The first-order valence-corrected chi connectivity index (χ1v) is 5.49. The maximum Gasteiger partial charge on any atom is 0.243 e. The number of aromatic nitrogens is 4. The van der Waals surface area contributed by atoms with Gasteiger partial charge in [0.15, 0.2) is 0 Å². The summed E-state index contributed by atoms with van der Waals surface area (Å²) in [6, 6.07) is 0. The van der Waals surface area contributed by atoms with Gasteiger partial charge in [0.2, 0.25) is 5.91 Å². The number of imidazole rings is 1. The SMILES string of the molecule is CC(=O)n1cc(-n2ccnc2)c(C(C)(C)C)n1. The van der Waals surface area contributed by atoms with Gasteiger partial charge in [-0.25, -0.2) is 9.67 Å². The Kier molecular flexibility index (Phi) is 2.61. The van der Waals surface area contributed by atoms with Gasteiger partial charge < -0.3 is 4.57 Å². The van der Waals surface area contributed by atoms with E-state index in [0.717, 1.165) is 11.4 Å². The van der Waals surface area contributed by atoms with E-state index in [4.69, 9.17) is 0 Å². The standard InChI is InChI=1S/C12H16N4O/c1-9(17)16-7-10(15-6-5-13-8-15)11(14-16)12(2,3)4/h5-8H,1-4H3. The van der Waals surface area contributed by atoms with Gasteiger partial charge in [-0.1, -0.05) is 20.8 Å². The first-order valence-electron chi connectivity index (χ1n) is 5.49. The van der Waals surface area contributed by atoms with Gasteiger partial charge in [0, 0.05) is 24.7 Å². The van der Waals surface area contributed by atoms with Crippen molar-refractivity contribution >= 4 is 5.91 Å². The van der Waals surface area contributed by atoms with Gasteiger partial charge in [-0.3, -0.25) is 4.79 Å². The van der Waals surface area contributed by atoms with Gasteiger partial charge in [-0.2, -0.15) is 5.10 Å². The Labute approximate surface area is 100 Å². The van der Waals surface area contributed by atoms with Crippen LogP contribution in [0.1, 0.15) is 38.2 Å². The van der Waals surface area contributed by atoms with Crippen LogP contribution < -0.4 is 0 Å². The predicted octanol–water partition coefficient (Wildman–Crippen LogP) is 2.03. The fourth-order valence-electron chi connectivity index (χ4n) is 1.65. The summed E-state index contributed by atoms with van der Waals surface area (Å²) in [5.41, 5.74) is 1.65. The lowest BCUT2D eigenvalue weighted by molar-refractivity contribution is 0.0920. The second kappa shape index (κ2) is 3.84. The Morgan fingerprint density at radius 2 is 2.06 bits per heavy atom. The summed E-state index contributed by atoms with van der Waals surface area (Å²) in [4.78, 5) is 15.4. The molecule has 0 fully saturated rings. The van der Waals surface area contributed by atoms with Crippen LogP contribution in [-0.4, -0.2) is 25.2 Å². The molecule has 90 valence electrons. The van der Waals surface area contributed by atoms with E-state index in [0.29, 0.717) is 0 Å². The van der Waals surface area contributed by atoms with E-state index >= 15 is 0 Å². The average molecular weight is 232 g/mol. The highest BCUT2D eigenvalue weighted by atomic mass is 16.2. The van der Waals surface area contributed by atoms with Crippen molar-refractivity contribution in [3.63, 3.8) is 0 Å². The maximum atomic E-state index is 11.4. The summed E-state index contributed by atoms with van der Waals surface area (Å²) >= 11 is 0. The molecular weight excluding hydrogens is 216 g/mol. The summed E-state index contributed by atoms with van der Waals surface area (Å²) in [5, 5.41) is 4.36. The van der Waals surface area contributed by atoms with Crippen LogP contribution >= 0.6 is 0 Å². The minimum absolute atomic E-state index is 0.0955. The zero-order chi connectivity index (χ0) is 12.6. The van der Waals surface area contributed by atoms with E-state index in [1.807, 2.05) is 10.8 Å². The van der Waals surface area contributed by atoms with Gasteiger partial charge in [-0.05, 0) is 0 Å². The third kappa shape index (κ3) is 2.13. The van der Waals surface area contributed by atoms with Gasteiger partial charge in [0.1, 0.15) is 0 Å². The van der Waals surface area contributed by atoms with Gasteiger partial charge in [-0.15, -0.1) is 0 Å². The highest BCUT2D eigenvalue weighted by molar-refractivity contribution is 5.75. The molecule has 2 rings (SSSR count). The molecule has 0 bridgehead atoms. The predicted molar refractivity (Wildman–Crippen MR) is 64.3 cm³/mol. The normalized spacial score (nSPS) is 11.8. The van der Waals surface area contributed by atoms with E-state index in [1.54, 1.807) is 18.7 Å². The molecule has 0 saturated carbocycles. The van der Waals surface area contributed by atoms with Crippen molar-refractivity contribution in [3.8, 4) is 5.69 Å². The summed E-state index contributed by atoms with van der Waals surface area (Å²) < 4.78 is 3.24. The molecule has 2 heterocycles. The summed E-state index contributed by atoms with van der Waals surface area (Å²) in [6.45, 7) is 7.71. The molecule has 0 aliphatic carbocycles. The van der Waals surface area contributed by atoms with Crippen LogP contribution in [0.2, 0.25) is 0 Å². The molecule has 0 amide bonds. The minimum Gasteiger partial charge on any atom is -0.303 e. The Hall–Kier alpha value is -1.91. The molecule has 0 aliphatic heterocycles. The fraction of sp³-hybridized carbons (Fsp3) is 0.417. The molecule has 0 spiro atoms. The highest BCUT2D eigenvalue weighted by Gasteiger charge is 2.24. The summed E-state index contributed by atoms with van der Waals surface area (Å²) in [6.07, 6.45) is 7.00. The monoisotopic (exact) mass is 232 g/mol. The molecular formula is C12H16N4O. The zero-order valence-electron chi connectivity index (χ0n) is 10.5.